The van der Waals surface area contributed by atoms with Crippen molar-refractivity contribution in [1.82, 2.24) is 15.6 Å². The Labute approximate surface area is 149 Å². The SMILES string of the molecule is CCNC(=NCc1nc(C(C)C)cs1)NCCC1CC1.I. The smallest absolute Gasteiger partial charge is 0.191 e. The van der Waals surface area contributed by atoms with Gasteiger partial charge in [0, 0.05) is 18.5 Å². The number of aromatic nitrogens is 1. The van der Waals surface area contributed by atoms with Gasteiger partial charge in [0.15, 0.2) is 5.96 Å². The van der Waals surface area contributed by atoms with E-state index < -0.39 is 0 Å². The Balaban J connectivity index is 0.00000220. The van der Waals surface area contributed by atoms with E-state index in [-0.39, 0.29) is 24.0 Å². The number of nitrogens with one attached hydrogen (secondary N) is 2. The van der Waals surface area contributed by atoms with E-state index in [4.69, 9.17) is 0 Å². The molecule has 21 heavy (non-hydrogen) atoms. The first-order valence-electron chi connectivity index (χ1n) is 7.65. The van der Waals surface area contributed by atoms with Crippen molar-refractivity contribution in [2.24, 2.45) is 10.9 Å². The molecule has 1 aliphatic carbocycles. The number of halogens is 1. The predicted octanol–water partition coefficient (Wildman–Crippen LogP) is 3.74. The molecule has 1 aromatic heterocycles. The van der Waals surface area contributed by atoms with E-state index in [0.717, 1.165) is 30.0 Å². The van der Waals surface area contributed by atoms with Gasteiger partial charge in [-0.3, -0.25) is 0 Å². The Bertz CT molecular complexity index is 441. The molecule has 0 spiro atoms. The zero-order valence-electron chi connectivity index (χ0n) is 13.2. The molecule has 1 fully saturated rings. The maximum atomic E-state index is 4.62. The van der Waals surface area contributed by atoms with Crippen molar-refractivity contribution in [3.63, 3.8) is 0 Å². The lowest BCUT2D eigenvalue weighted by molar-refractivity contribution is 0.685. The van der Waals surface area contributed by atoms with Crippen LogP contribution in [0.5, 0.6) is 0 Å². The van der Waals surface area contributed by atoms with Gasteiger partial charge in [0.25, 0.3) is 0 Å². The van der Waals surface area contributed by atoms with Gasteiger partial charge in [0.2, 0.25) is 0 Å². The summed E-state index contributed by atoms with van der Waals surface area (Å²) in [6, 6.07) is 0. The van der Waals surface area contributed by atoms with E-state index in [0.29, 0.717) is 12.5 Å². The lowest BCUT2D eigenvalue weighted by Gasteiger charge is -2.10. The fourth-order valence-corrected chi connectivity index (χ4v) is 2.83. The topological polar surface area (TPSA) is 49.3 Å². The minimum atomic E-state index is 0. The fourth-order valence-electron chi connectivity index (χ4n) is 1.95. The summed E-state index contributed by atoms with van der Waals surface area (Å²) in [5.41, 5.74) is 1.17. The van der Waals surface area contributed by atoms with E-state index in [1.165, 1.54) is 25.0 Å². The number of hydrogen-bond donors (Lipinski definition) is 2. The van der Waals surface area contributed by atoms with E-state index in [9.17, 15) is 0 Å². The lowest BCUT2D eigenvalue weighted by Crippen LogP contribution is -2.37. The van der Waals surface area contributed by atoms with Crippen molar-refractivity contribution < 1.29 is 0 Å². The van der Waals surface area contributed by atoms with Crippen molar-refractivity contribution in [3.8, 4) is 0 Å². The molecule has 1 aliphatic rings. The van der Waals surface area contributed by atoms with Crippen molar-refractivity contribution in [3.05, 3.63) is 16.1 Å². The van der Waals surface area contributed by atoms with Crippen LogP contribution in [0.15, 0.2) is 10.4 Å². The van der Waals surface area contributed by atoms with Crippen molar-refractivity contribution in [1.29, 1.82) is 0 Å². The van der Waals surface area contributed by atoms with Crippen LogP contribution in [0.4, 0.5) is 0 Å². The third-order valence-electron chi connectivity index (χ3n) is 3.42. The van der Waals surface area contributed by atoms with Gasteiger partial charge in [0.1, 0.15) is 5.01 Å². The van der Waals surface area contributed by atoms with Gasteiger partial charge < -0.3 is 10.6 Å². The number of rotatable bonds is 7. The van der Waals surface area contributed by atoms with E-state index in [1.54, 1.807) is 11.3 Å². The normalized spacial score (nSPS) is 15.0. The van der Waals surface area contributed by atoms with Crippen molar-refractivity contribution in [2.45, 2.75) is 52.5 Å². The third kappa shape index (κ3) is 6.95. The Morgan fingerprint density at radius 2 is 2.19 bits per heavy atom. The van der Waals surface area contributed by atoms with Gasteiger partial charge in [0.05, 0.1) is 12.2 Å². The molecule has 0 unspecified atom stereocenters. The maximum Gasteiger partial charge on any atom is 0.191 e. The van der Waals surface area contributed by atoms with E-state index >= 15 is 0 Å². The van der Waals surface area contributed by atoms with Crippen LogP contribution in [-0.2, 0) is 6.54 Å². The van der Waals surface area contributed by atoms with Crippen LogP contribution < -0.4 is 10.6 Å². The van der Waals surface area contributed by atoms with Crippen LogP contribution in [0, 0.1) is 5.92 Å². The molecular weight excluding hydrogens is 395 g/mol. The molecule has 0 aromatic carbocycles. The molecule has 6 heteroatoms. The Hall–Kier alpha value is -0.370. The van der Waals surface area contributed by atoms with Crippen LogP contribution in [0.2, 0.25) is 0 Å². The molecule has 0 amide bonds. The number of aliphatic imine (C=N–C) groups is 1. The molecule has 0 aliphatic heterocycles. The largest absolute Gasteiger partial charge is 0.357 e. The summed E-state index contributed by atoms with van der Waals surface area (Å²) in [5.74, 6) is 2.36. The fraction of sp³-hybridized carbons (Fsp3) is 0.733. The average Bonchev–Trinajstić information content (AvgIpc) is 3.11. The highest BCUT2D eigenvalue weighted by Crippen LogP contribution is 2.31. The summed E-state index contributed by atoms with van der Waals surface area (Å²) in [7, 11) is 0. The highest BCUT2D eigenvalue weighted by atomic mass is 127. The number of guanidine groups is 1. The Morgan fingerprint density at radius 3 is 2.76 bits per heavy atom. The molecule has 1 aromatic rings. The van der Waals surface area contributed by atoms with Gasteiger partial charge >= 0.3 is 0 Å². The second-order valence-corrected chi connectivity index (χ2v) is 6.62. The standard InChI is InChI=1S/C15H26N4S.HI/c1-4-16-15(17-8-7-12-5-6-12)18-9-14-19-13(10-20-14)11(2)3;/h10-12H,4-9H2,1-3H3,(H2,16,17,18);1H. The third-order valence-corrected chi connectivity index (χ3v) is 4.27. The molecule has 0 radical (unpaired) electrons. The van der Waals surface area contributed by atoms with Gasteiger partial charge in [-0.25, -0.2) is 9.98 Å². The van der Waals surface area contributed by atoms with Crippen LogP contribution in [0.25, 0.3) is 0 Å². The van der Waals surface area contributed by atoms with Crippen molar-refractivity contribution >= 4 is 41.3 Å². The summed E-state index contributed by atoms with van der Waals surface area (Å²) < 4.78 is 0. The van der Waals surface area contributed by atoms with Crippen LogP contribution in [-0.4, -0.2) is 24.0 Å². The van der Waals surface area contributed by atoms with Crippen LogP contribution in [0.1, 0.15) is 56.7 Å². The van der Waals surface area contributed by atoms with Crippen LogP contribution in [0.3, 0.4) is 0 Å². The molecule has 1 saturated carbocycles. The quantitative estimate of drug-likeness (QED) is 0.400. The zero-order valence-corrected chi connectivity index (χ0v) is 16.3. The summed E-state index contributed by atoms with van der Waals surface area (Å²) in [4.78, 5) is 9.23. The molecule has 4 nitrogen and oxygen atoms in total. The number of hydrogen-bond acceptors (Lipinski definition) is 3. The van der Waals surface area contributed by atoms with Crippen molar-refractivity contribution in [2.75, 3.05) is 13.1 Å². The highest BCUT2D eigenvalue weighted by molar-refractivity contribution is 14.0. The summed E-state index contributed by atoms with van der Waals surface area (Å²) in [6.07, 6.45) is 4.08. The molecule has 2 N–H and O–H groups in total. The molecule has 0 bridgehead atoms. The summed E-state index contributed by atoms with van der Waals surface area (Å²) in [6.45, 7) is 9.02. The van der Waals surface area contributed by atoms with E-state index in [2.05, 4.69) is 46.8 Å². The monoisotopic (exact) mass is 422 g/mol. The number of thiazole rings is 1. The maximum absolute atomic E-state index is 4.62. The second-order valence-electron chi connectivity index (χ2n) is 5.67. The first kappa shape index (κ1) is 18.7. The molecule has 0 saturated heterocycles. The minimum Gasteiger partial charge on any atom is -0.357 e. The summed E-state index contributed by atoms with van der Waals surface area (Å²) >= 11 is 1.70. The molecule has 120 valence electrons. The Morgan fingerprint density at radius 1 is 1.43 bits per heavy atom. The van der Waals surface area contributed by atoms with Crippen LogP contribution >= 0.6 is 35.3 Å². The molecule has 0 atom stereocenters. The summed E-state index contributed by atoms with van der Waals surface area (Å²) in [5, 5.41) is 9.93. The molecular formula is C15H27IN4S. The highest BCUT2D eigenvalue weighted by Gasteiger charge is 2.20. The second kappa shape index (κ2) is 9.61. The van der Waals surface area contributed by atoms with Gasteiger partial charge in [-0.15, -0.1) is 35.3 Å². The van der Waals surface area contributed by atoms with Gasteiger partial charge in [-0.2, -0.15) is 0 Å². The number of nitrogens with zero attached hydrogens (tertiary/aromatic N) is 2. The molecule has 1 heterocycles. The predicted molar refractivity (Wildman–Crippen MR) is 102 cm³/mol. The molecule has 2 rings (SSSR count). The minimum absolute atomic E-state index is 0. The average molecular weight is 422 g/mol. The van der Waals surface area contributed by atoms with E-state index in [1.807, 2.05) is 0 Å². The van der Waals surface area contributed by atoms with Gasteiger partial charge in [-0.05, 0) is 25.2 Å². The van der Waals surface area contributed by atoms with Gasteiger partial charge in [-0.1, -0.05) is 26.7 Å². The Kier molecular flexibility index (Phi) is 8.55. The first-order chi connectivity index (χ1) is 9.69. The lowest BCUT2D eigenvalue weighted by atomic mass is 10.2. The zero-order chi connectivity index (χ0) is 14.4. The first-order valence-corrected chi connectivity index (χ1v) is 8.53.